The Morgan fingerprint density at radius 3 is 2.69 bits per heavy atom. The maximum atomic E-state index is 13.3. The van der Waals surface area contributed by atoms with Gasteiger partial charge in [-0.15, -0.1) is 0 Å². The van der Waals surface area contributed by atoms with Crippen molar-refractivity contribution in [3.63, 3.8) is 0 Å². The van der Waals surface area contributed by atoms with Crippen LogP contribution in [0, 0.1) is 11.7 Å². The minimum absolute atomic E-state index is 0.00983. The highest BCUT2D eigenvalue weighted by molar-refractivity contribution is 6.10. The number of anilines is 3. The lowest BCUT2D eigenvalue weighted by molar-refractivity contribution is -0.134. The number of likely N-dealkylation sites (tertiary alicyclic amines) is 1. The molecule has 2 aliphatic rings. The number of piperidine rings is 1. The molecule has 1 unspecified atom stereocenters. The summed E-state index contributed by atoms with van der Waals surface area (Å²) >= 11 is 0. The molecular formula is C25H28FN5O4. The molecule has 2 aromatic rings. The molecule has 0 spiro atoms. The van der Waals surface area contributed by atoms with E-state index in [0.29, 0.717) is 36.7 Å². The van der Waals surface area contributed by atoms with E-state index < -0.39 is 11.8 Å². The van der Waals surface area contributed by atoms with E-state index in [4.69, 9.17) is 0 Å². The molecule has 0 aliphatic carbocycles. The molecule has 0 radical (unpaired) electrons. The average Bonchev–Trinajstić information content (AvgIpc) is 2.85. The van der Waals surface area contributed by atoms with Crippen molar-refractivity contribution in [3.8, 4) is 0 Å². The van der Waals surface area contributed by atoms with Crippen molar-refractivity contribution in [3.05, 3.63) is 54.3 Å². The van der Waals surface area contributed by atoms with Crippen LogP contribution in [0.3, 0.4) is 0 Å². The number of halogens is 1. The van der Waals surface area contributed by atoms with Crippen molar-refractivity contribution in [2.75, 3.05) is 41.7 Å². The van der Waals surface area contributed by atoms with Gasteiger partial charge in [0, 0.05) is 38.2 Å². The van der Waals surface area contributed by atoms with Gasteiger partial charge in [-0.05, 0) is 49.1 Å². The first kappa shape index (κ1) is 24.2. The monoisotopic (exact) mass is 481 g/mol. The van der Waals surface area contributed by atoms with Gasteiger partial charge in [0.1, 0.15) is 12.4 Å². The number of carbonyl (C=O) groups is 4. The molecule has 35 heavy (non-hydrogen) atoms. The van der Waals surface area contributed by atoms with Gasteiger partial charge in [0.2, 0.25) is 17.7 Å². The molecule has 0 bridgehead atoms. The number of nitrogens with one attached hydrogen (secondary N) is 3. The van der Waals surface area contributed by atoms with Crippen molar-refractivity contribution in [1.29, 1.82) is 0 Å². The van der Waals surface area contributed by atoms with Gasteiger partial charge >= 0.3 is 6.03 Å². The van der Waals surface area contributed by atoms with Crippen LogP contribution in [0.1, 0.15) is 25.7 Å². The fraction of sp³-hybridized carbons (Fsp3) is 0.360. The SMILES string of the molecule is O=C1CN(C(=O)CCC(=O)N2CCCC(CNC(=O)Nc3cccc(F)c3)C2)c2ccccc2N1. The molecule has 4 rings (SSSR count). The molecule has 0 aromatic heterocycles. The number of nitrogens with zero attached hydrogens (tertiary/aromatic N) is 2. The molecule has 2 aromatic carbocycles. The van der Waals surface area contributed by atoms with Gasteiger partial charge in [0.05, 0.1) is 11.4 Å². The summed E-state index contributed by atoms with van der Waals surface area (Å²) < 4.78 is 13.3. The zero-order valence-corrected chi connectivity index (χ0v) is 19.3. The zero-order chi connectivity index (χ0) is 24.8. The van der Waals surface area contributed by atoms with E-state index in [-0.39, 0.29) is 43.0 Å². The van der Waals surface area contributed by atoms with E-state index in [1.165, 1.54) is 23.1 Å². The molecule has 184 valence electrons. The lowest BCUT2D eigenvalue weighted by Crippen LogP contribution is -2.45. The minimum Gasteiger partial charge on any atom is -0.342 e. The zero-order valence-electron chi connectivity index (χ0n) is 19.3. The van der Waals surface area contributed by atoms with Gasteiger partial charge in [-0.3, -0.25) is 14.4 Å². The molecule has 0 saturated carbocycles. The van der Waals surface area contributed by atoms with Gasteiger partial charge in [-0.1, -0.05) is 18.2 Å². The molecule has 1 atom stereocenters. The third-order valence-electron chi connectivity index (χ3n) is 6.13. The predicted octanol–water partition coefficient (Wildman–Crippen LogP) is 2.95. The molecular weight excluding hydrogens is 453 g/mol. The van der Waals surface area contributed by atoms with E-state index in [2.05, 4.69) is 16.0 Å². The van der Waals surface area contributed by atoms with Gasteiger partial charge in [-0.25, -0.2) is 9.18 Å². The largest absolute Gasteiger partial charge is 0.342 e. The van der Waals surface area contributed by atoms with Crippen LogP contribution in [0.25, 0.3) is 0 Å². The third kappa shape index (κ3) is 6.34. The normalized spacial score (nSPS) is 17.3. The Kier molecular flexibility index (Phi) is 7.59. The van der Waals surface area contributed by atoms with E-state index in [0.717, 1.165) is 12.8 Å². The first-order valence-corrected chi connectivity index (χ1v) is 11.7. The Balaban J connectivity index is 1.24. The summed E-state index contributed by atoms with van der Waals surface area (Å²) in [5.41, 5.74) is 1.57. The third-order valence-corrected chi connectivity index (χ3v) is 6.13. The van der Waals surface area contributed by atoms with Crippen molar-refractivity contribution in [1.82, 2.24) is 10.2 Å². The topological polar surface area (TPSA) is 111 Å². The first-order valence-electron chi connectivity index (χ1n) is 11.7. The number of urea groups is 1. The second-order valence-electron chi connectivity index (χ2n) is 8.74. The van der Waals surface area contributed by atoms with Crippen molar-refractivity contribution in [2.24, 2.45) is 5.92 Å². The molecule has 1 fully saturated rings. The van der Waals surface area contributed by atoms with Crippen molar-refractivity contribution in [2.45, 2.75) is 25.7 Å². The van der Waals surface area contributed by atoms with E-state index in [1.807, 2.05) is 0 Å². The van der Waals surface area contributed by atoms with Gasteiger partial charge in [0.25, 0.3) is 0 Å². The van der Waals surface area contributed by atoms with Crippen LogP contribution in [0.5, 0.6) is 0 Å². The second-order valence-corrected chi connectivity index (χ2v) is 8.74. The molecule has 5 amide bonds. The maximum Gasteiger partial charge on any atom is 0.319 e. The molecule has 9 nitrogen and oxygen atoms in total. The van der Waals surface area contributed by atoms with Crippen LogP contribution in [-0.4, -0.2) is 54.8 Å². The summed E-state index contributed by atoms with van der Waals surface area (Å²) in [4.78, 5) is 52.8. The maximum absolute atomic E-state index is 13.3. The van der Waals surface area contributed by atoms with E-state index >= 15 is 0 Å². The number of rotatable bonds is 6. The summed E-state index contributed by atoms with van der Waals surface area (Å²) in [5, 5.41) is 8.11. The van der Waals surface area contributed by atoms with Crippen LogP contribution < -0.4 is 20.9 Å². The summed E-state index contributed by atoms with van der Waals surface area (Å²) in [7, 11) is 0. The lowest BCUT2D eigenvalue weighted by atomic mass is 9.97. The van der Waals surface area contributed by atoms with E-state index in [1.54, 1.807) is 35.2 Å². The smallest absolute Gasteiger partial charge is 0.319 e. The van der Waals surface area contributed by atoms with Crippen LogP contribution in [0.4, 0.5) is 26.2 Å². The number of para-hydroxylation sites is 2. The number of benzene rings is 2. The fourth-order valence-electron chi connectivity index (χ4n) is 4.40. The Hall–Kier alpha value is -3.95. The van der Waals surface area contributed by atoms with Crippen LogP contribution in [0.2, 0.25) is 0 Å². The quantitative estimate of drug-likeness (QED) is 0.589. The highest BCUT2D eigenvalue weighted by Crippen LogP contribution is 2.29. The molecule has 2 heterocycles. The van der Waals surface area contributed by atoms with Gasteiger partial charge in [0.15, 0.2) is 0 Å². The highest BCUT2D eigenvalue weighted by Gasteiger charge is 2.28. The molecule has 2 aliphatic heterocycles. The summed E-state index contributed by atoms with van der Waals surface area (Å²) in [6.45, 7) is 1.40. The lowest BCUT2D eigenvalue weighted by Gasteiger charge is -2.33. The van der Waals surface area contributed by atoms with Gasteiger partial charge < -0.3 is 25.8 Å². The fourth-order valence-corrected chi connectivity index (χ4v) is 4.40. The number of amides is 5. The van der Waals surface area contributed by atoms with Crippen molar-refractivity contribution < 1.29 is 23.6 Å². The second kappa shape index (κ2) is 11.0. The number of hydrogen-bond donors (Lipinski definition) is 3. The number of fused-ring (bicyclic) bond motifs is 1. The van der Waals surface area contributed by atoms with Gasteiger partial charge in [-0.2, -0.15) is 0 Å². The molecule has 1 saturated heterocycles. The first-order chi connectivity index (χ1) is 16.9. The molecule has 10 heteroatoms. The predicted molar refractivity (Wildman–Crippen MR) is 129 cm³/mol. The number of hydrogen-bond acceptors (Lipinski definition) is 4. The summed E-state index contributed by atoms with van der Waals surface area (Å²) in [6.07, 6.45) is 1.73. The van der Waals surface area contributed by atoms with E-state index in [9.17, 15) is 23.6 Å². The Morgan fingerprint density at radius 2 is 1.86 bits per heavy atom. The summed E-state index contributed by atoms with van der Waals surface area (Å²) in [5.74, 6) is -1.02. The standard InChI is InChI=1S/C25H28FN5O4/c26-18-6-3-7-19(13-18)28-25(35)27-14-17-5-4-12-30(15-17)23(33)10-11-24(34)31-16-22(32)29-20-8-1-2-9-21(20)31/h1-3,6-9,13,17H,4-5,10-12,14-16H2,(H,29,32)(H2,27,28,35). The Labute approximate surface area is 202 Å². The summed E-state index contributed by atoms with van der Waals surface area (Å²) in [6, 6.07) is 12.3. The highest BCUT2D eigenvalue weighted by atomic mass is 19.1. The average molecular weight is 482 g/mol. The Bertz CT molecular complexity index is 1120. The minimum atomic E-state index is -0.435. The number of carbonyl (C=O) groups excluding carboxylic acids is 4. The van der Waals surface area contributed by atoms with Crippen LogP contribution in [0.15, 0.2) is 48.5 Å². The van der Waals surface area contributed by atoms with Crippen LogP contribution in [-0.2, 0) is 14.4 Å². The Morgan fingerprint density at radius 1 is 1.06 bits per heavy atom. The van der Waals surface area contributed by atoms with Crippen LogP contribution >= 0.6 is 0 Å². The van der Waals surface area contributed by atoms with Crippen molar-refractivity contribution >= 4 is 40.8 Å². The molecule has 3 N–H and O–H groups in total.